The number of nitrogens with zero attached hydrogens (tertiary/aromatic N) is 2. The Morgan fingerprint density at radius 2 is 2.06 bits per heavy atom. The van der Waals surface area contributed by atoms with Crippen molar-refractivity contribution in [1.82, 2.24) is 4.98 Å². The van der Waals surface area contributed by atoms with E-state index in [-0.39, 0.29) is 0 Å². The van der Waals surface area contributed by atoms with Gasteiger partial charge in [0.25, 0.3) is 0 Å². The van der Waals surface area contributed by atoms with E-state index in [0.717, 1.165) is 12.8 Å². The molecule has 0 saturated carbocycles. The molecule has 17 heavy (non-hydrogen) atoms. The summed E-state index contributed by atoms with van der Waals surface area (Å²) >= 11 is 0. The molecule has 0 aromatic carbocycles. The lowest BCUT2D eigenvalue weighted by atomic mass is 9.97. The van der Waals surface area contributed by atoms with E-state index in [1.165, 1.54) is 6.42 Å². The van der Waals surface area contributed by atoms with E-state index in [2.05, 4.69) is 23.7 Å². The van der Waals surface area contributed by atoms with Gasteiger partial charge < -0.3 is 10.0 Å². The summed E-state index contributed by atoms with van der Waals surface area (Å²) in [6.45, 7) is 4.27. The summed E-state index contributed by atoms with van der Waals surface area (Å²) in [5.74, 6) is -0.294. The van der Waals surface area contributed by atoms with Crippen molar-refractivity contribution in [3.8, 4) is 0 Å². The average molecular weight is 234 g/mol. The van der Waals surface area contributed by atoms with Crippen molar-refractivity contribution in [2.75, 3.05) is 4.90 Å². The fraction of sp³-hybridized carbons (Fsp3) is 0.538. The van der Waals surface area contributed by atoms with Crippen LogP contribution in [0.25, 0.3) is 0 Å². The normalized spacial score (nSPS) is 24.7. The van der Waals surface area contributed by atoms with Crippen molar-refractivity contribution < 1.29 is 9.90 Å². The zero-order chi connectivity index (χ0) is 12.4. The van der Waals surface area contributed by atoms with Crippen LogP contribution < -0.4 is 4.90 Å². The summed E-state index contributed by atoms with van der Waals surface area (Å²) < 4.78 is 0. The molecule has 1 aromatic heterocycles. The van der Waals surface area contributed by atoms with E-state index in [9.17, 15) is 9.90 Å². The largest absolute Gasteiger partial charge is 0.478 e. The molecule has 0 spiro atoms. The number of anilines is 1. The van der Waals surface area contributed by atoms with Gasteiger partial charge in [0, 0.05) is 18.3 Å². The molecular formula is C13H18N2O2. The molecule has 92 valence electrons. The molecule has 0 unspecified atom stereocenters. The molecule has 1 fully saturated rings. The third-order valence-electron chi connectivity index (χ3n) is 3.46. The molecule has 0 aliphatic carbocycles. The van der Waals surface area contributed by atoms with Crippen LogP contribution in [-0.4, -0.2) is 28.1 Å². The molecule has 1 aliphatic rings. The Balaban J connectivity index is 2.41. The average Bonchev–Trinajstić information content (AvgIpc) is 2.29. The van der Waals surface area contributed by atoms with Gasteiger partial charge in [-0.2, -0.15) is 0 Å². The van der Waals surface area contributed by atoms with E-state index < -0.39 is 5.97 Å². The van der Waals surface area contributed by atoms with Crippen LogP contribution in [0.3, 0.4) is 0 Å². The van der Waals surface area contributed by atoms with Crippen molar-refractivity contribution in [3.63, 3.8) is 0 Å². The quantitative estimate of drug-likeness (QED) is 0.854. The molecule has 1 saturated heterocycles. The second-order valence-corrected chi connectivity index (χ2v) is 4.72. The van der Waals surface area contributed by atoms with Crippen LogP contribution >= 0.6 is 0 Å². The van der Waals surface area contributed by atoms with Gasteiger partial charge in [0.05, 0.1) is 0 Å². The Kier molecular flexibility index (Phi) is 3.31. The standard InChI is InChI=1S/C13H18N2O2/c1-9-5-3-6-10(2)15(9)12-11(13(16)17)7-4-8-14-12/h4,7-10H,3,5-6H2,1-2H3,(H,16,17)/t9-,10+. The minimum Gasteiger partial charge on any atom is -0.478 e. The molecule has 0 radical (unpaired) electrons. The molecule has 2 rings (SSSR count). The molecule has 0 bridgehead atoms. The van der Waals surface area contributed by atoms with Crippen molar-refractivity contribution >= 4 is 11.8 Å². The summed E-state index contributed by atoms with van der Waals surface area (Å²) in [5.41, 5.74) is 0.299. The summed E-state index contributed by atoms with van der Waals surface area (Å²) in [7, 11) is 0. The van der Waals surface area contributed by atoms with Crippen molar-refractivity contribution in [2.45, 2.75) is 45.2 Å². The minimum absolute atomic E-state index is 0.299. The number of hydrogen-bond acceptors (Lipinski definition) is 3. The topological polar surface area (TPSA) is 53.4 Å². The van der Waals surface area contributed by atoms with Gasteiger partial charge in [-0.05, 0) is 45.2 Å². The number of hydrogen-bond donors (Lipinski definition) is 1. The number of aromatic nitrogens is 1. The van der Waals surface area contributed by atoms with Crippen molar-refractivity contribution in [1.29, 1.82) is 0 Å². The van der Waals surface area contributed by atoms with E-state index in [1.54, 1.807) is 18.3 Å². The van der Waals surface area contributed by atoms with E-state index in [1.807, 2.05) is 0 Å². The van der Waals surface area contributed by atoms with E-state index >= 15 is 0 Å². The molecule has 0 amide bonds. The van der Waals surface area contributed by atoms with Gasteiger partial charge in [0.1, 0.15) is 11.4 Å². The second kappa shape index (κ2) is 4.73. The maximum Gasteiger partial charge on any atom is 0.339 e. The highest BCUT2D eigenvalue weighted by molar-refractivity contribution is 5.93. The zero-order valence-electron chi connectivity index (χ0n) is 10.3. The van der Waals surface area contributed by atoms with E-state index in [4.69, 9.17) is 0 Å². The molecule has 1 aliphatic heterocycles. The fourth-order valence-electron chi connectivity index (χ4n) is 2.61. The number of carbonyl (C=O) groups is 1. The smallest absolute Gasteiger partial charge is 0.339 e. The van der Waals surface area contributed by atoms with Gasteiger partial charge in [0.15, 0.2) is 0 Å². The monoisotopic (exact) mass is 234 g/mol. The molecular weight excluding hydrogens is 216 g/mol. The third kappa shape index (κ3) is 2.25. The molecule has 4 heteroatoms. The fourth-order valence-corrected chi connectivity index (χ4v) is 2.61. The van der Waals surface area contributed by atoms with Gasteiger partial charge in [-0.25, -0.2) is 9.78 Å². The van der Waals surface area contributed by atoms with Crippen LogP contribution in [0.1, 0.15) is 43.5 Å². The predicted molar refractivity (Wildman–Crippen MR) is 66.5 cm³/mol. The van der Waals surface area contributed by atoms with Crippen LogP contribution in [0, 0.1) is 0 Å². The minimum atomic E-state index is -0.905. The van der Waals surface area contributed by atoms with Crippen molar-refractivity contribution in [2.24, 2.45) is 0 Å². The first-order valence-corrected chi connectivity index (χ1v) is 6.08. The Morgan fingerprint density at radius 1 is 1.41 bits per heavy atom. The highest BCUT2D eigenvalue weighted by Crippen LogP contribution is 2.29. The van der Waals surface area contributed by atoms with Gasteiger partial charge >= 0.3 is 5.97 Å². The first kappa shape index (κ1) is 11.9. The Labute approximate surface area is 101 Å². The molecule has 1 aromatic rings. The summed E-state index contributed by atoms with van der Waals surface area (Å²) in [6.07, 6.45) is 5.06. The first-order chi connectivity index (χ1) is 8.11. The maximum absolute atomic E-state index is 11.2. The van der Waals surface area contributed by atoms with Crippen LogP contribution in [-0.2, 0) is 0 Å². The highest BCUT2D eigenvalue weighted by Gasteiger charge is 2.28. The van der Waals surface area contributed by atoms with E-state index in [0.29, 0.717) is 23.5 Å². The van der Waals surface area contributed by atoms with Crippen molar-refractivity contribution in [3.05, 3.63) is 23.9 Å². The number of rotatable bonds is 2. The predicted octanol–water partition coefficient (Wildman–Crippen LogP) is 2.55. The number of carboxylic acids is 1. The van der Waals surface area contributed by atoms with Crippen LogP contribution in [0.15, 0.2) is 18.3 Å². The molecule has 1 N–H and O–H groups in total. The van der Waals surface area contributed by atoms with Crippen LogP contribution in [0.2, 0.25) is 0 Å². The Hall–Kier alpha value is -1.58. The lowest BCUT2D eigenvalue weighted by Crippen LogP contribution is -2.45. The third-order valence-corrected chi connectivity index (χ3v) is 3.46. The number of carboxylic acid groups (broad SMARTS) is 1. The molecule has 2 heterocycles. The SMILES string of the molecule is C[C@@H]1CCC[C@H](C)N1c1ncccc1C(=O)O. The summed E-state index contributed by atoms with van der Waals surface area (Å²) in [5, 5.41) is 9.20. The number of piperidine rings is 1. The number of pyridine rings is 1. The second-order valence-electron chi connectivity index (χ2n) is 4.72. The van der Waals surface area contributed by atoms with Crippen LogP contribution in [0.5, 0.6) is 0 Å². The Bertz CT molecular complexity index is 410. The maximum atomic E-state index is 11.2. The Morgan fingerprint density at radius 3 is 2.65 bits per heavy atom. The van der Waals surface area contributed by atoms with Gasteiger partial charge in [-0.1, -0.05) is 0 Å². The molecule has 4 nitrogen and oxygen atoms in total. The molecule has 2 atom stereocenters. The van der Waals surface area contributed by atoms with Crippen LogP contribution in [0.4, 0.5) is 5.82 Å². The van der Waals surface area contributed by atoms with Gasteiger partial charge in [-0.15, -0.1) is 0 Å². The first-order valence-electron chi connectivity index (χ1n) is 6.08. The lowest BCUT2D eigenvalue weighted by Gasteiger charge is -2.40. The summed E-state index contributed by atoms with van der Waals surface area (Å²) in [6, 6.07) is 4.00. The zero-order valence-corrected chi connectivity index (χ0v) is 10.3. The summed E-state index contributed by atoms with van der Waals surface area (Å²) in [4.78, 5) is 17.6. The van der Waals surface area contributed by atoms with Gasteiger partial charge in [-0.3, -0.25) is 0 Å². The lowest BCUT2D eigenvalue weighted by molar-refractivity contribution is 0.0697. The highest BCUT2D eigenvalue weighted by atomic mass is 16.4. The van der Waals surface area contributed by atoms with Gasteiger partial charge in [0.2, 0.25) is 0 Å². The number of aromatic carboxylic acids is 1.